The molecule has 0 aromatic rings. The van der Waals surface area contributed by atoms with E-state index in [1.807, 2.05) is 6.92 Å². The summed E-state index contributed by atoms with van der Waals surface area (Å²) in [6, 6.07) is 0.243. The van der Waals surface area contributed by atoms with Gasteiger partial charge in [0.2, 0.25) is 10.0 Å². The summed E-state index contributed by atoms with van der Waals surface area (Å²) < 4.78 is 24.6. The third-order valence-corrected chi connectivity index (χ3v) is 5.50. The molecular weight excluding hydrogens is 242 g/mol. The van der Waals surface area contributed by atoms with Crippen molar-refractivity contribution >= 4 is 26.0 Å². The molecule has 0 aromatic carbocycles. The predicted octanol–water partition coefficient (Wildman–Crippen LogP) is 1.54. The van der Waals surface area contributed by atoms with Gasteiger partial charge in [-0.2, -0.15) is 4.31 Å². The summed E-state index contributed by atoms with van der Waals surface area (Å²) in [5.41, 5.74) is 0. The normalized spacial score (nSPS) is 26.3. The van der Waals surface area contributed by atoms with Crippen molar-refractivity contribution in [1.82, 2.24) is 4.31 Å². The highest BCUT2D eigenvalue weighted by atomic mass is 79.9. The van der Waals surface area contributed by atoms with Gasteiger partial charge in [0.15, 0.2) is 0 Å². The predicted molar refractivity (Wildman–Crippen MR) is 52.7 cm³/mol. The molecule has 5 heteroatoms. The minimum Gasteiger partial charge on any atom is -0.211 e. The molecule has 0 N–H and O–H groups in total. The Morgan fingerprint density at radius 3 is 2.75 bits per heavy atom. The molecule has 0 aliphatic carbocycles. The first-order chi connectivity index (χ1) is 5.61. The zero-order chi connectivity index (χ0) is 9.19. The monoisotopic (exact) mass is 255 g/mol. The number of sulfonamides is 1. The molecule has 0 amide bonds. The van der Waals surface area contributed by atoms with E-state index in [2.05, 4.69) is 15.9 Å². The average Bonchev–Trinajstić information content (AvgIpc) is 2.52. The van der Waals surface area contributed by atoms with Crippen LogP contribution in [0.5, 0.6) is 0 Å². The van der Waals surface area contributed by atoms with Gasteiger partial charge >= 0.3 is 0 Å². The highest BCUT2D eigenvalue weighted by molar-refractivity contribution is 9.10. The Bertz CT molecular complexity index is 240. The maximum atomic E-state index is 11.4. The molecule has 12 heavy (non-hydrogen) atoms. The molecule has 1 saturated heterocycles. The van der Waals surface area contributed by atoms with Gasteiger partial charge in [-0.1, -0.05) is 22.9 Å². The van der Waals surface area contributed by atoms with E-state index in [-0.39, 0.29) is 10.7 Å². The molecule has 1 fully saturated rings. The van der Waals surface area contributed by atoms with Crippen molar-refractivity contribution in [2.75, 3.05) is 11.2 Å². The Balaban J connectivity index is 2.74. The summed E-state index contributed by atoms with van der Waals surface area (Å²) in [5.74, 6) is 0. The second-order valence-electron chi connectivity index (χ2n) is 3.04. The lowest BCUT2D eigenvalue weighted by Gasteiger charge is -2.21. The van der Waals surface area contributed by atoms with Crippen molar-refractivity contribution in [3.05, 3.63) is 0 Å². The van der Waals surface area contributed by atoms with Crippen LogP contribution in [-0.4, -0.2) is 30.0 Å². The fourth-order valence-corrected chi connectivity index (χ4v) is 3.68. The van der Waals surface area contributed by atoms with Crippen LogP contribution in [0, 0.1) is 0 Å². The number of halogens is 1. The van der Waals surface area contributed by atoms with Gasteiger partial charge in [-0.25, -0.2) is 8.42 Å². The van der Waals surface area contributed by atoms with E-state index >= 15 is 0 Å². The minimum absolute atomic E-state index is 0.0521. The van der Waals surface area contributed by atoms with E-state index in [0.717, 1.165) is 19.3 Å². The van der Waals surface area contributed by atoms with E-state index in [9.17, 15) is 8.42 Å². The molecule has 1 aliphatic heterocycles. The maximum absolute atomic E-state index is 11.4. The zero-order valence-corrected chi connectivity index (χ0v) is 9.57. The largest absolute Gasteiger partial charge is 0.224 e. The first-order valence-corrected chi connectivity index (χ1v) is 6.90. The molecule has 72 valence electrons. The standard InChI is InChI=1S/C7H14BrNO2S/c1-2-7-4-3-5-9(7)12(10,11)6-8/h7H,2-6H2,1H3. The lowest BCUT2D eigenvalue weighted by molar-refractivity contribution is 0.382. The summed E-state index contributed by atoms with van der Waals surface area (Å²) in [4.78, 5) is 0. The average molecular weight is 256 g/mol. The van der Waals surface area contributed by atoms with Crippen LogP contribution in [0.4, 0.5) is 0 Å². The second kappa shape index (κ2) is 4.07. The summed E-state index contributed by atoms with van der Waals surface area (Å²) in [6.45, 7) is 2.74. The fraction of sp³-hybridized carbons (Fsp3) is 1.00. The first kappa shape index (κ1) is 10.5. The van der Waals surface area contributed by atoms with Gasteiger partial charge in [0.25, 0.3) is 0 Å². The second-order valence-corrected chi connectivity index (χ2v) is 6.26. The Kier molecular flexibility index (Phi) is 3.55. The van der Waals surface area contributed by atoms with Gasteiger partial charge in [0.05, 0.1) is 0 Å². The van der Waals surface area contributed by atoms with Gasteiger partial charge in [0, 0.05) is 12.6 Å². The van der Waals surface area contributed by atoms with E-state index in [4.69, 9.17) is 0 Å². The van der Waals surface area contributed by atoms with E-state index in [1.165, 1.54) is 0 Å². The number of rotatable bonds is 3. The lowest BCUT2D eigenvalue weighted by Crippen LogP contribution is -2.35. The summed E-state index contributed by atoms with van der Waals surface area (Å²) >= 11 is 3.01. The Labute approximate surface area is 82.3 Å². The van der Waals surface area contributed by atoms with Crippen LogP contribution in [-0.2, 0) is 10.0 Å². The van der Waals surface area contributed by atoms with Crippen LogP contribution < -0.4 is 0 Å². The fourth-order valence-electron chi connectivity index (χ4n) is 1.65. The van der Waals surface area contributed by atoms with Gasteiger partial charge in [-0.15, -0.1) is 0 Å². The third-order valence-electron chi connectivity index (χ3n) is 2.29. The smallest absolute Gasteiger partial charge is 0.211 e. The van der Waals surface area contributed by atoms with Crippen LogP contribution in [0.2, 0.25) is 0 Å². The van der Waals surface area contributed by atoms with Crippen LogP contribution in [0.3, 0.4) is 0 Å². The van der Waals surface area contributed by atoms with Gasteiger partial charge in [-0.3, -0.25) is 0 Å². The van der Waals surface area contributed by atoms with Crippen molar-refractivity contribution in [3.8, 4) is 0 Å². The molecule has 0 radical (unpaired) electrons. The number of nitrogens with zero attached hydrogens (tertiary/aromatic N) is 1. The van der Waals surface area contributed by atoms with Gasteiger partial charge in [-0.05, 0) is 19.3 Å². The number of alkyl halides is 1. The van der Waals surface area contributed by atoms with Crippen molar-refractivity contribution in [1.29, 1.82) is 0 Å². The van der Waals surface area contributed by atoms with Crippen molar-refractivity contribution in [2.45, 2.75) is 32.2 Å². The number of hydrogen-bond donors (Lipinski definition) is 0. The summed E-state index contributed by atoms with van der Waals surface area (Å²) in [6.07, 6.45) is 2.94. The minimum atomic E-state index is -3.01. The molecule has 0 spiro atoms. The molecule has 1 rings (SSSR count). The molecule has 0 saturated carbocycles. The topological polar surface area (TPSA) is 37.4 Å². The van der Waals surface area contributed by atoms with Gasteiger partial charge < -0.3 is 0 Å². The Morgan fingerprint density at radius 2 is 2.25 bits per heavy atom. The molecule has 3 nitrogen and oxygen atoms in total. The highest BCUT2D eigenvalue weighted by Crippen LogP contribution is 2.23. The maximum Gasteiger partial charge on any atom is 0.224 e. The first-order valence-electron chi connectivity index (χ1n) is 4.17. The molecule has 1 atom stereocenters. The Morgan fingerprint density at radius 1 is 1.58 bits per heavy atom. The van der Waals surface area contributed by atoms with Crippen LogP contribution >= 0.6 is 15.9 Å². The van der Waals surface area contributed by atoms with Crippen LogP contribution in [0.25, 0.3) is 0 Å². The van der Waals surface area contributed by atoms with Crippen molar-refractivity contribution in [2.24, 2.45) is 0 Å². The summed E-state index contributed by atoms with van der Waals surface area (Å²) in [7, 11) is -3.01. The van der Waals surface area contributed by atoms with Crippen molar-refractivity contribution < 1.29 is 8.42 Å². The van der Waals surface area contributed by atoms with Crippen molar-refractivity contribution in [3.63, 3.8) is 0 Å². The third kappa shape index (κ3) is 2.00. The summed E-state index contributed by atoms with van der Waals surface area (Å²) in [5, 5.41) is 0. The Hall–Kier alpha value is 0.390. The number of hydrogen-bond acceptors (Lipinski definition) is 2. The molecular formula is C7H14BrNO2S. The van der Waals surface area contributed by atoms with Crippen LogP contribution in [0.1, 0.15) is 26.2 Å². The highest BCUT2D eigenvalue weighted by Gasteiger charge is 2.31. The van der Waals surface area contributed by atoms with E-state index < -0.39 is 10.0 Å². The van der Waals surface area contributed by atoms with Gasteiger partial charge in [0.1, 0.15) is 4.66 Å². The molecule has 1 aliphatic rings. The molecule has 0 bridgehead atoms. The van der Waals surface area contributed by atoms with E-state index in [1.54, 1.807) is 4.31 Å². The van der Waals surface area contributed by atoms with Crippen LogP contribution in [0.15, 0.2) is 0 Å². The van der Waals surface area contributed by atoms with E-state index in [0.29, 0.717) is 6.54 Å². The molecule has 1 unspecified atom stereocenters. The quantitative estimate of drug-likeness (QED) is 0.718. The molecule has 0 aromatic heterocycles. The lowest BCUT2D eigenvalue weighted by atomic mass is 10.2. The zero-order valence-electron chi connectivity index (χ0n) is 7.16. The molecule has 1 heterocycles. The SMILES string of the molecule is CCC1CCCN1S(=O)(=O)CBr.